The van der Waals surface area contributed by atoms with Crippen LogP contribution in [0.2, 0.25) is 0 Å². The van der Waals surface area contributed by atoms with Crippen LogP contribution in [0.25, 0.3) is 0 Å². The molecule has 0 fully saturated rings. The van der Waals surface area contributed by atoms with Crippen molar-refractivity contribution in [1.29, 1.82) is 0 Å². The number of rotatable bonds is 3. The molecular formula is C10H15NO2. The van der Waals surface area contributed by atoms with Crippen LogP contribution >= 0.6 is 0 Å². The maximum absolute atomic E-state index is 9.59. The summed E-state index contributed by atoms with van der Waals surface area (Å²) in [5, 5.41) is 19.0. The molecule has 0 aliphatic rings. The van der Waals surface area contributed by atoms with E-state index >= 15 is 0 Å². The molecule has 4 N–H and O–H groups in total. The number of aromatic hydroxyl groups is 1. The Morgan fingerprint density at radius 2 is 2.15 bits per heavy atom. The summed E-state index contributed by atoms with van der Waals surface area (Å²) >= 11 is 0. The zero-order valence-corrected chi connectivity index (χ0v) is 7.70. The number of hydrogen-bond donors (Lipinski definition) is 3. The molecule has 0 saturated carbocycles. The minimum Gasteiger partial charge on any atom is -0.508 e. The number of nitrogens with two attached hydrogens (primary N) is 1. The number of aliphatic hydroxyl groups is 1. The van der Waals surface area contributed by atoms with Crippen molar-refractivity contribution in [2.75, 3.05) is 6.54 Å². The van der Waals surface area contributed by atoms with Crippen LogP contribution in [0.1, 0.15) is 23.7 Å². The molecule has 1 atom stereocenters. The van der Waals surface area contributed by atoms with Crippen molar-refractivity contribution in [3.05, 3.63) is 29.3 Å². The maximum Gasteiger partial charge on any atom is 0.121 e. The lowest BCUT2D eigenvalue weighted by atomic mass is 10.0. The summed E-state index contributed by atoms with van der Waals surface area (Å²) in [4.78, 5) is 0. The Kier molecular flexibility index (Phi) is 3.28. The molecule has 1 rings (SSSR count). The Morgan fingerprint density at radius 3 is 2.77 bits per heavy atom. The molecule has 13 heavy (non-hydrogen) atoms. The standard InChI is InChI=1S/C10H15NO2/c1-7-2-3-9(12)8(6-7)10(13)4-5-11/h2-3,6,10,12-13H,4-5,11H2,1H3. The summed E-state index contributed by atoms with van der Waals surface area (Å²) in [6.45, 7) is 2.33. The summed E-state index contributed by atoms with van der Waals surface area (Å²) in [7, 11) is 0. The number of phenolic OH excluding ortho intramolecular Hbond substituents is 1. The topological polar surface area (TPSA) is 66.5 Å². The van der Waals surface area contributed by atoms with Gasteiger partial charge in [-0.1, -0.05) is 11.6 Å². The highest BCUT2D eigenvalue weighted by molar-refractivity contribution is 5.37. The molecule has 1 aromatic rings. The van der Waals surface area contributed by atoms with E-state index in [0.717, 1.165) is 5.56 Å². The molecule has 0 amide bonds. The van der Waals surface area contributed by atoms with E-state index in [0.29, 0.717) is 18.5 Å². The third-order valence-electron chi connectivity index (χ3n) is 1.98. The van der Waals surface area contributed by atoms with Gasteiger partial charge in [-0.2, -0.15) is 0 Å². The molecule has 0 spiro atoms. The number of aryl methyl sites for hydroxylation is 1. The number of phenols is 1. The first-order valence-corrected chi connectivity index (χ1v) is 4.33. The van der Waals surface area contributed by atoms with Crippen molar-refractivity contribution in [2.45, 2.75) is 19.4 Å². The fourth-order valence-corrected chi connectivity index (χ4v) is 1.25. The third kappa shape index (κ3) is 2.44. The second-order valence-corrected chi connectivity index (χ2v) is 3.16. The van der Waals surface area contributed by atoms with E-state index < -0.39 is 6.10 Å². The Hall–Kier alpha value is -1.06. The van der Waals surface area contributed by atoms with E-state index in [9.17, 15) is 10.2 Å². The lowest BCUT2D eigenvalue weighted by Crippen LogP contribution is -2.06. The Labute approximate surface area is 77.8 Å². The molecule has 0 aliphatic carbocycles. The molecule has 0 heterocycles. The van der Waals surface area contributed by atoms with E-state index in [1.807, 2.05) is 6.92 Å². The first-order chi connectivity index (χ1) is 6.15. The lowest BCUT2D eigenvalue weighted by molar-refractivity contribution is 0.166. The second kappa shape index (κ2) is 4.25. The molecule has 0 aliphatic heterocycles. The zero-order valence-electron chi connectivity index (χ0n) is 7.70. The molecule has 1 unspecified atom stereocenters. The van der Waals surface area contributed by atoms with Crippen molar-refractivity contribution in [3.8, 4) is 5.75 Å². The van der Waals surface area contributed by atoms with Crippen LogP contribution in [0.3, 0.4) is 0 Å². The smallest absolute Gasteiger partial charge is 0.121 e. The highest BCUT2D eigenvalue weighted by Crippen LogP contribution is 2.26. The number of aliphatic hydroxyl groups excluding tert-OH is 1. The van der Waals surface area contributed by atoms with Gasteiger partial charge >= 0.3 is 0 Å². The number of hydrogen-bond acceptors (Lipinski definition) is 3. The van der Waals surface area contributed by atoms with Gasteiger partial charge in [-0.15, -0.1) is 0 Å². The molecule has 72 valence electrons. The predicted octanol–water partition coefficient (Wildman–Crippen LogP) is 1.08. The molecule has 0 aromatic heterocycles. The summed E-state index contributed by atoms with van der Waals surface area (Å²) in [5.41, 5.74) is 6.89. The van der Waals surface area contributed by atoms with Gasteiger partial charge in [-0.3, -0.25) is 0 Å². The molecule has 0 bridgehead atoms. The summed E-state index contributed by atoms with van der Waals surface area (Å²) in [6, 6.07) is 5.16. The van der Waals surface area contributed by atoms with Gasteiger partial charge in [-0.25, -0.2) is 0 Å². The van der Waals surface area contributed by atoms with E-state index in [1.54, 1.807) is 18.2 Å². The van der Waals surface area contributed by atoms with E-state index in [2.05, 4.69) is 0 Å². The normalized spacial score (nSPS) is 12.8. The van der Waals surface area contributed by atoms with Crippen LogP contribution in [-0.4, -0.2) is 16.8 Å². The fraction of sp³-hybridized carbons (Fsp3) is 0.400. The van der Waals surface area contributed by atoms with E-state index in [1.165, 1.54) is 0 Å². The molecule has 0 saturated heterocycles. The molecule has 3 nitrogen and oxygen atoms in total. The highest BCUT2D eigenvalue weighted by Gasteiger charge is 2.10. The average Bonchev–Trinajstić information content (AvgIpc) is 2.09. The Morgan fingerprint density at radius 1 is 1.46 bits per heavy atom. The predicted molar refractivity (Wildman–Crippen MR) is 51.5 cm³/mol. The molecule has 1 aromatic carbocycles. The zero-order chi connectivity index (χ0) is 9.84. The maximum atomic E-state index is 9.59. The van der Waals surface area contributed by atoms with Crippen molar-refractivity contribution in [1.82, 2.24) is 0 Å². The van der Waals surface area contributed by atoms with Crippen LogP contribution in [0.4, 0.5) is 0 Å². The van der Waals surface area contributed by atoms with Crippen LogP contribution in [0, 0.1) is 6.92 Å². The van der Waals surface area contributed by atoms with Gasteiger partial charge in [0.2, 0.25) is 0 Å². The van der Waals surface area contributed by atoms with Crippen molar-refractivity contribution < 1.29 is 10.2 Å². The van der Waals surface area contributed by atoms with Crippen molar-refractivity contribution in [2.24, 2.45) is 5.73 Å². The lowest BCUT2D eigenvalue weighted by Gasteiger charge is -2.11. The van der Waals surface area contributed by atoms with E-state index in [4.69, 9.17) is 5.73 Å². The van der Waals surface area contributed by atoms with Gasteiger partial charge in [0.25, 0.3) is 0 Å². The minimum absolute atomic E-state index is 0.131. The average molecular weight is 181 g/mol. The van der Waals surface area contributed by atoms with Crippen LogP contribution in [-0.2, 0) is 0 Å². The molecular weight excluding hydrogens is 166 g/mol. The van der Waals surface area contributed by atoms with Crippen LogP contribution < -0.4 is 5.73 Å². The SMILES string of the molecule is Cc1ccc(O)c(C(O)CCN)c1. The largest absolute Gasteiger partial charge is 0.508 e. The van der Waals surface area contributed by atoms with Crippen LogP contribution in [0.15, 0.2) is 18.2 Å². The van der Waals surface area contributed by atoms with Crippen LogP contribution in [0.5, 0.6) is 5.75 Å². The van der Waals surface area contributed by atoms with Gasteiger partial charge < -0.3 is 15.9 Å². The van der Waals surface area contributed by atoms with E-state index in [-0.39, 0.29) is 5.75 Å². The number of benzene rings is 1. The van der Waals surface area contributed by atoms with Gasteiger partial charge in [0.05, 0.1) is 6.10 Å². The Bertz CT molecular complexity index is 286. The summed E-state index contributed by atoms with van der Waals surface area (Å²) < 4.78 is 0. The van der Waals surface area contributed by atoms with Gasteiger partial charge in [-0.05, 0) is 32.0 Å². The van der Waals surface area contributed by atoms with Gasteiger partial charge in [0.1, 0.15) is 5.75 Å². The quantitative estimate of drug-likeness (QED) is 0.653. The van der Waals surface area contributed by atoms with Crippen molar-refractivity contribution in [3.63, 3.8) is 0 Å². The summed E-state index contributed by atoms with van der Waals surface area (Å²) in [5.74, 6) is 0.131. The van der Waals surface area contributed by atoms with Gasteiger partial charge in [0.15, 0.2) is 0 Å². The molecule has 0 radical (unpaired) electrons. The molecule has 3 heteroatoms. The minimum atomic E-state index is -0.662. The van der Waals surface area contributed by atoms with Crippen molar-refractivity contribution >= 4 is 0 Å². The monoisotopic (exact) mass is 181 g/mol. The Balaban J connectivity index is 2.91. The fourth-order valence-electron chi connectivity index (χ4n) is 1.25. The van der Waals surface area contributed by atoms with Gasteiger partial charge in [0, 0.05) is 5.56 Å². The third-order valence-corrected chi connectivity index (χ3v) is 1.98. The summed E-state index contributed by atoms with van der Waals surface area (Å²) in [6.07, 6.45) is -0.193. The highest BCUT2D eigenvalue weighted by atomic mass is 16.3. The first-order valence-electron chi connectivity index (χ1n) is 4.33. The second-order valence-electron chi connectivity index (χ2n) is 3.16. The first kappa shape index (κ1) is 10.0.